The summed E-state index contributed by atoms with van der Waals surface area (Å²) >= 11 is 6.15. The maximum atomic E-state index is 12.5. The molecule has 0 spiro atoms. The number of carbonyl (C=O) groups excluding carboxylic acids is 1. The van der Waals surface area contributed by atoms with E-state index in [4.69, 9.17) is 21.3 Å². The van der Waals surface area contributed by atoms with Crippen LogP contribution < -0.4 is 5.32 Å². The zero-order chi connectivity index (χ0) is 24.0. The molecule has 2 aliphatic rings. The van der Waals surface area contributed by atoms with E-state index in [1.54, 1.807) is 26.0 Å². The average Bonchev–Trinajstić information content (AvgIpc) is 3.09. The first kappa shape index (κ1) is 22.6. The van der Waals surface area contributed by atoms with E-state index in [2.05, 4.69) is 15.5 Å². The van der Waals surface area contributed by atoms with Crippen LogP contribution >= 0.6 is 11.6 Å². The summed E-state index contributed by atoms with van der Waals surface area (Å²) in [5.74, 6) is 1.13. The predicted octanol–water partition coefficient (Wildman–Crippen LogP) is 4.58. The number of hydrogen-bond acceptors (Lipinski definition) is 6. The van der Waals surface area contributed by atoms with Gasteiger partial charge < -0.3 is 9.84 Å². The standard InChI is InChI=1S/C25H26ClN5O3/c1-14(2)34-24(32)28-22-23-30-29-15(3)31(23)20-10-7-17(25(33)11-4-12-25)13-19(20)21(27-22)16-5-8-18(26)9-6-16/h5-10,13-14,22,33H,4,11-12H2,1-3H3,(H,28,32). The van der Waals surface area contributed by atoms with Crippen molar-refractivity contribution in [2.45, 2.75) is 57.9 Å². The van der Waals surface area contributed by atoms with Crippen molar-refractivity contribution in [3.05, 3.63) is 75.8 Å². The Bertz CT molecular complexity index is 1280. The maximum absolute atomic E-state index is 12.5. The fourth-order valence-electron chi connectivity index (χ4n) is 4.41. The van der Waals surface area contributed by atoms with E-state index < -0.39 is 17.9 Å². The molecule has 0 saturated heterocycles. The number of nitrogens with one attached hydrogen (secondary N) is 1. The summed E-state index contributed by atoms with van der Waals surface area (Å²) in [6.45, 7) is 5.42. The van der Waals surface area contributed by atoms with Gasteiger partial charge in [0.1, 0.15) is 5.82 Å². The Hall–Kier alpha value is -3.23. The lowest BCUT2D eigenvalue weighted by atomic mass is 9.74. The van der Waals surface area contributed by atoms with Gasteiger partial charge in [-0.3, -0.25) is 14.9 Å². The van der Waals surface area contributed by atoms with E-state index in [9.17, 15) is 9.90 Å². The third-order valence-corrected chi connectivity index (χ3v) is 6.53. The first-order valence-electron chi connectivity index (χ1n) is 11.4. The Kier molecular flexibility index (Phi) is 5.65. The predicted molar refractivity (Wildman–Crippen MR) is 128 cm³/mol. The lowest BCUT2D eigenvalue weighted by Crippen LogP contribution is -2.33. The normalized spacial score (nSPS) is 18.3. The second-order valence-corrected chi connectivity index (χ2v) is 9.48. The van der Waals surface area contributed by atoms with Crippen molar-refractivity contribution in [1.82, 2.24) is 20.1 Å². The number of carbonyl (C=O) groups is 1. The molecule has 2 aromatic carbocycles. The number of ether oxygens (including phenoxy) is 1. The number of aryl methyl sites for hydroxylation is 1. The van der Waals surface area contributed by atoms with Crippen LogP contribution in [0.1, 0.15) is 67.6 Å². The van der Waals surface area contributed by atoms with Crippen molar-refractivity contribution in [3.63, 3.8) is 0 Å². The summed E-state index contributed by atoms with van der Waals surface area (Å²) in [5, 5.41) is 23.1. The average molecular weight is 480 g/mol. The van der Waals surface area contributed by atoms with Crippen LogP contribution in [0.5, 0.6) is 0 Å². The zero-order valence-electron chi connectivity index (χ0n) is 19.2. The van der Waals surface area contributed by atoms with Crippen molar-refractivity contribution in [3.8, 4) is 5.69 Å². The monoisotopic (exact) mass is 479 g/mol. The fraction of sp³-hybridized carbons (Fsp3) is 0.360. The molecule has 8 nitrogen and oxygen atoms in total. The van der Waals surface area contributed by atoms with Gasteiger partial charge in [0.05, 0.1) is 23.1 Å². The molecule has 5 rings (SSSR count). The Morgan fingerprint density at radius 1 is 1.21 bits per heavy atom. The number of amides is 1. The molecule has 9 heteroatoms. The Balaban J connectivity index is 1.71. The van der Waals surface area contributed by atoms with Crippen LogP contribution in [-0.2, 0) is 10.3 Å². The second kappa shape index (κ2) is 8.52. The largest absolute Gasteiger partial charge is 0.447 e. The number of alkyl carbamates (subject to hydrolysis) is 1. The molecule has 2 N–H and O–H groups in total. The number of nitrogens with zero attached hydrogens (tertiary/aromatic N) is 4. The van der Waals surface area contributed by atoms with E-state index in [0.29, 0.717) is 22.4 Å². The summed E-state index contributed by atoms with van der Waals surface area (Å²) in [7, 11) is 0. The molecule has 1 unspecified atom stereocenters. The van der Waals surface area contributed by atoms with Crippen LogP contribution in [0.15, 0.2) is 47.5 Å². The van der Waals surface area contributed by atoms with Gasteiger partial charge in [0.2, 0.25) is 0 Å². The summed E-state index contributed by atoms with van der Waals surface area (Å²) in [6, 6.07) is 13.3. The van der Waals surface area contributed by atoms with Gasteiger partial charge in [-0.1, -0.05) is 29.8 Å². The van der Waals surface area contributed by atoms with Crippen LogP contribution in [0.2, 0.25) is 5.02 Å². The van der Waals surface area contributed by atoms with Gasteiger partial charge in [-0.15, -0.1) is 10.2 Å². The van der Waals surface area contributed by atoms with E-state index in [1.165, 1.54) is 0 Å². The summed E-state index contributed by atoms with van der Waals surface area (Å²) < 4.78 is 7.19. The molecule has 1 saturated carbocycles. The molecule has 1 aliphatic carbocycles. The van der Waals surface area contributed by atoms with Crippen LogP contribution in [0, 0.1) is 6.92 Å². The molecule has 3 aromatic rings. The molecule has 0 radical (unpaired) electrons. The maximum Gasteiger partial charge on any atom is 0.409 e. The van der Waals surface area contributed by atoms with E-state index in [1.807, 2.05) is 41.8 Å². The van der Waals surface area contributed by atoms with E-state index >= 15 is 0 Å². The van der Waals surface area contributed by atoms with Crippen molar-refractivity contribution < 1.29 is 14.6 Å². The third-order valence-electron chi connectivity index (χ3n) is 6.28. The van der Waals surface area contributed by atoms with Gasteiger partial charge in [0, 0.05) is 16.1 Å². The molecule has 1 amide bonds. The van der Waals surface area contributed by atoms with Gasteiger partial charge >= 0.3 is 6.09 Å². The van der Waals surface area contributed by atoms with Gasteiger partial charge in [-0.05, 0) is 69.9 Å². The van der Waals surface area contributed by atoms with Crippen LogP contribution in [-0.4, -0.2) is 37.8 Å². The molecule has 176 valence electrons. The summed E-state index contributed by atoms with van der Waals surface area (Å²) in [5.41, 5.74) is 3.11. The van der Waals surface area contributed by atoms with Crippen LogP contribution in [0.4, 0.5) is 4.79 Å². The molecule has 1 aromatic heterocycles. The second-order valence-electron chi connectivity index (χ2n) is 9.04. The summed E-state index contributed by atoms with van der Waals surface area (Å²) in [6.07, 6.45) is 0.725. The van der Waals surface area contributed by atoms with Crippen molar-refractivity contribution in [2.75, 3.05) is 0 Å². The lowest BCUT2D eigenvalue weighted by Gasteiger charge is -2.37. The van der Waals surface area contributed by atoms with E-state index in [-0.39, 0.29) is 6.10 Å². The summed E-state index contributed by atoms with van der Waals surface area (Å²) in [4.78, 5) is 17.5. The molecule has 2 heterocycles. The topological polar surface area (TPSA) is 102 Å². The van der Waals surface area contributed by atoms with Crippen molar-refractivity contribution >= 4 is 23.4 Å². The number of aliphatic hydroxyl groups is 1. The lowest BCUT2D eigenvalue weighted by molar-refractivity contribution is -0.0388. The number of fused-ring (bicyclic) bond motifs is 3. The third kappa shape index (κ3) is 3.97. The molecule has 1 fully saturated rings. The number of aromatic nitrogens is 3. The van der Waals surface area contributed by atoms with Gasteiger partial charge in [0.15, 0.2) is 12.0 Å². The smallest absolute Gasteiger partial charge is 0.409 e. The van der Waals surface area contributed by atoms with Gasteiger partial charge in [0.25, 0.3) is 0 Å². The molecular formula is C25H26ClN5O3. The highest BCUT2D eigenvalue weighted by molar-refractivity contribution is 6.30. The molecular weight excluding hydrogens is 454 g/mol. The quantitative estimate of drug-likeness (QED) is 0.570. The fourth-order valence-corrected chi connectivity index (χ4v) is 4.54. The highest BCUT2D eigenvalue weighted by Crippen LogP contribution is 2.42. The number of benzene rings is 2. The minimum absolute atomic E-state index is 0.284. The Morgan fingerprint density at radius 3 is 2.59 bits per heavy atom. The number of hydrogen-bond donors (Lipinski definition) is 2. The van der Waals surface area contributed by atoms with Gasteiger partial charge in [-0.25, -0.2) is 4.79 Å². The SMILES string of the molecule is Cc1nnc2n1-c1ccc(C3(O)CCC3)cc1C(c1ccc(Cl)cc1)=NC2NC(=O)OC(C)C. The molecule has 34 heavy (non-hydrogen) atoms. The molecule has 0 bridgehead atoms. The number of aliphatic imine (C=N–C) groups is 1. The van der Waals surface area contributed by atoms with Crippen LogP contribution in [0.25, 0.3) is 5.69 Å². The van der Waals surface area contributed by atoms with Gasteiger partial charge in [-0.2, -0.15) is 0 Å². The molecule has 1 aliphatic heterocycles. The van der Waals surface area contributed by atoms with Crippen molar-refractivity contribution in [2.24, 2.45) is 4.99 Å². The highest BCUT2D eigenvalue weighted by atomic mass is 35.5. The minimum atomic E-state index is -0.837. The minimum Gasteiger partial charge on any atom is -0.447 e. The molecule has 1 atom stereocenters. The highest BCUT2D eigenvalue weighted by Gasteiger charge is 2.38. The van der Waals surface area contributed by atoms with Crippen LogP contribution in [0.3, 0.4) is 0 Å². The number of rotatable bonds is 4. The Labute approximate surface area is 202 Å². The first-order chi connectivity index (χ1) is 16.2. The van der Waals surface area contributed by atoms with Crippen molar-refractivity contribution in [1.29, 1.82) is 0 Å². The van der Waals surface area contributed by atoms with E-state index in [0.717, 1.165) is 41.6 Å². The Morgan fingerprint density at radius 2 is 1.94 bits per heavy atom. The number of halogens is 1. The first-order valence-corrected chi connectivity index (χ1v) is 11.7. The zero-order valence-corrected chi connectivity index (χ0v) is 20.0.